The van der Waals surface area contributed by atoms with E-state index in [1.807, 2.05) is 0 Å². The average Bonchev–Trinajstić information content (AvgIpc) is 3.50. The molecule has 34 heavy (non-hydrogen) atoms. The van der Waals surface area contributed by atoms with Crippen molar-refractivity contribution in [2.75, 3.05) is 52.6 Å². The first-order chi connectivity index (χ1) is 16.5. The zero-order chi connectivity index (χ0) is 23.5. The standard InChI is InChI=1S/C23H29F2N3O6/c24-21(25)33-19-4-3-16(18-13-23(34-26-18)5-9-31-15-23)12-20(19)32-17-2-1-6-28(14-17)22(29)27-7-10-30-11-8-27/h3-4,12,17,21H,1-2,5-11,13-15H2. The van der Waals surface area contributed by atoms with Gasteiger partial charge < -0.3 is 33.6 Å². The fourth-order valence-electron chi connectivity index (χ4n) is 4.79. The van der Waals surface area contributed by atoms with E-state index in [0.717, 1.165) is 18.4 Å². The molecule has 1 spiro atoms. The van der Waals surface area contributed by atoms with Gasteiger partial charge in [0.2, 0.25) is 0 Å². The summed E-state index contributed by atoms with van der Waals surface area (Å²) in [4.78, 5) is 22.1. The molecule has 2 atom stereocenters. The normalized spacial score (nSPS) is 27.1. The first-order valence-electron chi connectivity index (χ1n) is 11.7. The molecule has 0 saturated carbocycles. The number of ether oxygens (including phenoxy) is 4. The number of likely N-dealkylation sites (tertiary alicyclic amines) is 1. The molecule has 1 aromatic carbocycles. The van der Waals surface area contributed by atoms with Crippen molar-refractivity contribution in [2.24, 2.45) is 5.16 Å². The van der Waals surface area contributed by atoms with Crippen LogP contribution >= 0.6 is 0 Å². The topological polar surface area (TPSA) is 82.1 Å². The Morgan fingerprint density at radius 1 is 1.12 bits per heavy atom. The van der Waals surface area contributed by atoms with Crippen LogP contribution in [0.25, 0.3) is 0 Å². The van der Waals surface area contributed by atoms with Crippen LogP contribution < -0.4 is 9.47 Å². The van der Waals surface area contributed by atoms with E-state index in [2.05, 4.69) is 5.16 Å². The van der Waals surface area contributed by atoms with Crippen molar-refractivity contribution in [3.05, 3.63) is 23.8 Å². The van der Waals surface area contributed by atoms with Gasteiger partial charge >= 0.3 is 12.6 Å². The molecular weight excluding hydrogens is 452 g/mol. The van der Waals surface area contributed by atoms with E-state index in [1.54, 1.807) is 21.9 Å². The molecule has 2 amide bonds. The highest BCUT2D eigenvalue weighted by atomic mass is 19.3. The number of halogens is 2. The summed E-state index contributed by atoms with van der Waals surface area (Å²) >= 11 is 0. The average molecular weight is 481 g/mol. The highest BCUT2D eigenvalue weighted by Crippen LogP contribution is 2.37. The van der Waals surface area contributed by atoms with Crippen LogP contribution in [0.5, 0.6) is 11.5 Å². The minimum atomic E-state index is -2.98. The second kappa shape index (κ2) is 9.91. The summed E-state index contributed by atoms with van der Waals surface area (Å²) in [5.41, 5.74) is 0.988. The summed E-state index contributed by atoms with van der Waals surface area (Å²) in [6.45, 7) is 1.31. The number of benzene rings is 1. The first-order valence-corrected chi connectivity index (χ1v) is 11.7. The predicted molar refractivity (Wildman–Crippen MR) is 116 cm³/mol. The van der Waals surface area contributed by atoms with Crippen LogP contribution in [-0.4, -0.2) is 92.5 Å². The molecule has 1 aromatic rings. The number of alkyl halides is 2. The third kappa shape index (κ3) is 5.05. The SMILES string of the molecule is O=C(N1CCOCC1)N1CCCC(Oc2cc(C3=NOC4(CCOC4)C3)ccc2OC(F)F)C1. The third-order valence-corrected chi connectivity index (χ3v) is 6.62. The van der Waals surface area contributed by atoms with E-state index in [-0.39, 0.29) is 23.6 Å². The summed E-state index contributed by atoms with van der Waals surface area (Å²) in [7, 11) is 0. The molecule has 11 heteroatoms. The number of hydrogen-bond acceptors (Lipinski definition) is 7. The number of oxime groups is 1. The lowest BCUT2D eigenvalue weighted by Crippen LogP contribution is -2.52. The van der Waals surface area contributed by atoms with Crippen molar-refractivity contribution in [2.45, 2.75) is 44.0 Å². The van der Waals surface area contributed by atoms with Crippen molar-refractivity contribution in [3.8, 4) is 11.5 Å². The molecule has 3 saturated heterocycles. The highest BCUT2D eigenvalue weighted by molar-refractivity contribution is 6.02. The summed E-state index contributed by atoms with van der Waals surface area (Å²) in [6, 6.07) is 4.76. The van der Waals surface area contributed by atoms with E-state index in [9.17, 15) is 13.6 Å². The van der Waals surface area contributed by atoms with Gasteiger partial charge in [-0.2, -0.15) is 8.78 Å². The Balaban J connectivity index is 1.30. The quantitative estimate of drug-likeness (QED) is 0.644. The van der Waals surface area contributed by atoms with E-state index in [1.165, 1.54) is 6.07 Å². The maximum Gasteiger partial charge on any atom is 0.387 e. The number of piperidine rings is 1. The van der Waals surface area contributed by atoms with Gasteiger partial charge in [0, 0.05) is 38.0 Å². The fraction of sp³-hybridized carbons (Fsp3) is 0.652. The van der Waals surface area contributed by atoms with E-state index < -0.39 is 12.2 Å². The Morgan fingerprint density at radius 3 is 2.74 bits per heavy atom. The van der Waals surface area contributed by atoms with Crippen molar-refractivity contribution >= 4 is 11.7 Å². The summed E-state index contributed by atoms with van der Waals surface area (Å²) in [6.07, 6.45) is 2.45. The maximum absolute atomic E-state index is 13.1. The molecule has 5 rings (SSSR count). The predicted octanol–water partition coefficient (Wildman–Crippen LogP) is 2.87. The summed E-state index contributed by atoms with van der Waals surface area (Å²) in [5, 5.41) is 4.23. The van der Waals surface area contributed by atoms with Crippen molar-refractivity contribution in [1.29, 1.82) is 0 Å². The van der Waals surface area contributed by atoms with Gasteiger partial charge in [0.1, 0.15) is 6.10 Å². The molecule has 4 heterocycles. The van der Waals surface area contributed by atoms with Gasteiger partial charge in [-0.15, -0.1) is 0 Å². The molecule has 4 aliphatic heterocycles. The van der Waals surface area contributed by atoms with Crippen molar-refractivity contribution in [1.82, 2.24) is 9.80 Å². The van der Waals surface area contributed by atoms with E-state index in [0.29, 0.717) is 71.2 Å². The Bertz CT molecular complexity index is 918. The largest absolute Gasteiger partial charge is 0.485 e. The summed E-state index contributed by atoms with van der Waals surface area (Å²) in [5.74, 6) is 0.156. The second-order valence-electron chi connectivity index (χ2n) is 9.04. The molecule has 186 valence electrons. The number of nitrogens with zero attached hydrogens (tertiary/aromatic N) is 3. The van der Waals surface area contributed by atoms with Gasteiger partial charge in [-0.3, -0.25) is 0 Å². The lowest BCUT2D eigenvalue weighted by atomic mass is 9.93. The molecule has 0 aromatic heterocycles. The Labute approximate surface area is 196 Å². The molecular formula is C23H29F2N3O6. The van der Waals surface area contributed by atoms with Gasteiger partial charge in [-0.05, 0) is 31.0 Å². The van der Waals surface area contributed by atoms with E-state index in [4.69, 9.17) is 23.8 Å². The van der Waals surface area contributed by atoms with Crippen LogP contribution in [0.4, 0.5) is 13.6 Å². The van der Waals surface area contributed by atoms with Gasteiger partial charge in [0.15, 0.2) is 17.1 Å². The monoisotopic (exact) mass is 481 g/mol. The number of rotatable bonds is 5. The van der Waals surface area contributed by atoms with Crippen molar-refractivity contribution < 1.29 is 37.4 Å². The van der Waals surface area contributed by atoms with Gasteiger partial charge in [0.25, 0.3) is 0 Å². The summed E-state index contributed by atoms with van der Waals surface area (Å²) < 4.78 is 47.8. The van der Waals surface area contributed by atoms with Crippen LogP contribution in [0.15, 0.2) is 23.4 Å². The number of hydrogen-bond donors (Lipinski definition) is 0. The molecule has 9 nitrogen and oxygen atoms in total. The minimum absolute atomic E-state index is 0.0454. The molecule has 3 fully saturated rings. The Hall–Kier alpha value is -2.66. The van der Waals surface area contributed by atoms with Gasteiger partial charge in [0.05, 0.1) is 38.7 Å². The molecule has 4 aliphatic rings. The third-order valence-electron chi connectivity index (χ3n) is 6.62. The number of carbonyl (C=O) groups is 1. The van der Waals surface area contributed by atoms with Crippen LogP contribution in [0.1, 0.15) is 31.2 Å². The van der Waals surface area contributed by atoms with Crippen LogP contribution in [0.3, 0.4) is 0 Å². The van der Waals surface area contributed by atoms with Gasteiger partial charge in [-0.25, -0.2) is 4.79 Å². The van der Waals surface area contributed by atoms with Crippen molar-refractivity contribution in [3.63, 3.8) is 0 Å². The minimum Gasteiger partial charge on any atom is -0.485 e. The fourth-order valence-corrected chi connectivity index (χ4v) is 4.79. The second-order valence-corrected chi connectivity index (χ2v) is 9.04. The number of amides is 2. The molecule has 0 aliphatic carbocycles. The Kier molecular flexibility index (Phi) is 6.73. The zero-order valence-corrected chi connectivity index (χ0v) is 18.9. The lowest BCUT2D eigenvalue weighted by molar-refractivity contribution is -0.0525. The smallest absolute Gasteiger partial charge is 0.387 e. The first kappa shape index (κ1) is 23.1. The Morgan fingerprint density at radius 2 is 1.97 bits per heavy atom. The van der Waals surface area contributed by atoms with E-state index >= 15 is 0 Å². The van der Waals surface area contributed by atoms with Gasteiger partial charge in [-0.1, -0.05) is 5.16 Å². The molecule has 0 radical (unpaired) electrons. The maximum atomic E-state index is 13.1. The highest BCUT2D eigenvalue weighted by Gasteiger charge is 2.43. The molecule has 0 bridgehead atoms. The van der Waals surface area contributed by atoms with Crippen LogP contribution in [-0.2, 0) is 14.3 Å². The van der Waals surface area contributed by atoms with Crippen LogP contribution in [0, 0.1) is 0 Å². The molecule has 0 N–H and O–H groups in total. The number of urea groups is 1. The van der Waals surface area contributed by atoms with Crippen LogP contribution in [0.2, 0.25) is 0 Å². The lowest BCUT2D eigenvalue weighted by Gasteiger charge is -2.37. The number of morpholine rings is 1. The number of carbonyl (C=O) groups excluding carboxylic acids is 1. The zero-order valence-electron chi connectivity index (χ0n) is 18.9. The molecule has 2 unspecified atom stereocenters.